The van der Waals surface area contributed by atoms with E-state index in [1.165, 1.54) is 5.69 Å². The van der Waals surface area contributed by atoms with Crippen LogP contribution < -0.4 is 10.2 Å². The topological polar surface area (TPSA) is 62.1 Å². The molecule has 0 amide bonds. The SMILES string of the molecule is CN1CCN(c2ccc(Nc3ncc(Cl)c(-c4cnn(CC5(Cl)CC5)c4)n3)cc2)CC1. The van der Waals surface area contributed by atoms with E-state index in [0.29, 0.717) is 23.2 Å². The molecular formula is C22H25Cl2N7. The minimum absolute atomic E-state index is 0.137. The van der Waals surface area contributed by atoms with E-state index in [4.69, 9.17) is 23.2 Å². The Morgan fingerprint density at radius 3 is 2.52 bits per heavy atom. The lowest BCUT2D eigenvalue weighted by Gasteiger charge is -2.34. The fourth-order valence-electron chi connectivity index (χ4n) is 3.74. The summed E-state index contributed by atoms with van der Waals surface area (Å²) in [4.78, 5) is 13.6. The molecule has 0 atom stereocenters. The lowest BCUT2D eigenvalue weighted by atomic mass is 10.2. The number of anilines is 3. The van der Waals surface area contributed by atoms with E-state index >= 15 is 0 Å². The van der Waals surface area contributed by atoms with Crippen molar-refractivity contribution in [2.24, 2.45) is 0 Å². The first-order valence-corrected chi connectivity index (χ1v) is 11.3. The molecule has 5 rings (SSSR count). The molecule has 2 fully saturated rings. The molecule has 1 aliphatic carbocycles. The zero-order chi connectivity index (χ0) is 21.4. The van der Waals surface area contributed by atoms with E-state index in [1.807, 2.05) is 10.9 Å². The number of hydrogen-bond donors (Lipinski definition) is 1. The van der Waals surface area contributed by atoms with Crippen LogP contribution in [0.3, 0.4) is 0 Å². The number of hydrogen-bond acceptors (Lipinski definition) is 6. The molecule has 1 aliphatic heterocycles. The lowest BCUT2D eigenvalue weighted by Crippen LogP contribution is -2.44. The summed E-state index contributed by atoms with van der Waals surface area (Å²) in [5.41, 5.74) is 3.66. The van der Waals surface area contributed by atoms with Gasteiger partial charge in [0.25, 0.3) is 0 Å². The molecule has 1 N–H and O–H groups in total. The normalized spacial score (nSPS) is 18.2. The van der Waals surface area contributed by atoms with Gasteiger partial charge in [0.15, 0.2) is 0 Å². The first kappa shape index (κ1) is 20.5. The van der Waals surface area contributed by atoms with Gasteiger partial charge >= 0.3 is 0 Å². The lowest BCUT2D eigenvalue weighted by molar-refractivity contribution is 0.313. The van der Waals surface area contributed by atoms with Crippen molar-refractivity contribution in [3.63, 3.8) is 0 Å². The van der Waals surface area contributed by atoms with E-state index in [0.717, 1.165) is 50.3 Å². The number of aromatic nitrogens is 4. The maximum Gasteiger partial charge on any atom is 0.227 e. The Balaban J connectivity index is 1.29. The quantitative estimate of drug-likeness (QED) is 0.557. The van der Waals surface area contributed by atoms with Crippen molar-refractivity contribution in [1.82, 2.24) is 24.6 Å². The van der Waals surface area contributed by atoms with Crippen molar-refractivity contribution in [2.75, 3.05) is 43.4 Å². The molecule has 1 saturated carbocycles. The molecule has 0 unspecified atom stereocenters. The second-order valence-electron chi connectivity index (χ2n) is 8.43. The zero-order valence-electron chi connectivity index (χ0n) is 17.4. The summed E-state index contributed by atoms with van der Waals surface area (Å²) in [6, 6.07) is 8.38. The van der Waals surface area contributed by atoms with Gasteiger partial charge in [-0.3, -0.25) is 4.68 Å². The third-order valence-corrected chi connectivity index (χ3v) is 6.65. The first-order chi connectivity index (χ1) is 15.0. The second-order valence-corrected chi connectivity index (χ2v) is 9.64. The van der Waals surface area contributed by atoms with Crippen LogP contribution in [0.4, 0.5) is 17.3 Å². The summed E-state index contributed by atoms with van der Waals surface area (Å²) in [6.45, 7) is 4.96. The highest BCUT2D eigenvalue weighted by molar-refractivity contribution is 6.32. The van der Waals surface area contributed by atoms with Gasteiger partial charge in [-0.1, -0.05) is 11.6 Å². The molecule has 1 aromatic carbocycles. The summed E-state index contributed by atoms with van der Waals surface area (Å²) in [7, 11) is 2.16. The number of alkyl halides is 1. The highest BCUT2D eigenvalue weighted by Gasteiger charge is 2.41. The standard InChI is InChI=1S/C22H25Cl2N7/c1-29-8-10-30(11-9-29)18-4-2-17(3-5-18)27-21-25-13-19(23)20(28-21)16-12-26-31(14-16)15-22(24)6-7-22/h2-5,12-14H,6-11,15H2,1H3,(H,25,27,28). The number of halogens is 2. The van der Waals surface area contributed by atoms with Crippen molar-refractivity contribution in [3.8, 4) is 11.3 Å². The van der Waals surface area contributed by atoms with Gasteiger partial charge in [-0.05, 0) is 44.2 Å². The van der Waals surface area contributed by atoms with E-state index in [9.17, 15) is 0 Å². The number of piperazine rings is 1. The third kappa shape index (κ3) is 4.79. The Morgan fingerprint density at radius 1 is 1.06 bits per heavy atom. The minimum atomic E-state index is -0.137. The number of likely N-dealkylation sites (N-methyl/N-ethyl adjacent to an activating group) is 1. The zero-order valence-corrected chi connectivity index (χ0v) is 18.9. The molecule has 162 valence electrons. The largest absolute Gasteiger partial charge is 0.369 e. The third-order valence-electron chi connectivity index (χ3n) is 5.88. The van der Waals surface area contributed by atoms with Crippen LogP contribution in [0.15, 0.2) is 42.9 Å². The average Bonchev–Trinajstić information content (AvgIpc) is 3.31. The van der Waals surface area contributed by atoms with Gasteiger partial charge in [0.2, 0.25) is 5.95 Å². The molecule has 3 aromatic rings. The Hall–Kier alpha value is -2.35. The van der Waals surface area contributed by atoms with Crippen molar-refractivity contribution in [2.45, 2.75) is 24.3 Å². The van der Waals surface area contributed by atoms with Crippen LogP contribution in [0.2, 0.25) is 5.02 Å². The molecule has 0 radical (unpaired) electrons. The number of rotatable bonds is 6. The van der Waals surface area contributed by atoms with Crippen LogP contribution in [-0.2, 0) is 6.54 Å². The van der Waals surface area contributed by atoms with Crippen LogP contribution >= 0.6 is 23.2 Å². The fourth-order valence-corrected chi connectivity index (χ4v) is 4.15. The summed E-state index contributed by atoms with van der Waals surface area (Å²) < 4.78 is 1.86. The molecular weight excluding hydrogens is 433 g/mol. The van der Waals surface area contributed by atoms with E-state index in [-0.39, 0.29) is 4.87 Å². The van der Waals surface area contributed by atoms with E-state index in [2.05, 4.69) is 61.5 Å². The van der Waals surface area contributed by atoms with Crippen molar-refractivity contribution < 1.29 is 0 Å². The minimum Gasteiger partial charge on any atom is -0.369 e. The second kappa shape index (κ2) is 8.30. The van der Waals surface area contributed by atoms with Crippen LogP contribution in [0.25, 0.3) is 11.3 Å². The van der Waals surface area contributed by atoms with Crippen molar-refractivity contribution in [3.05, 3.63) is 47.9 Å². The van der Waals surface area contributed by atoms with Gasteiger partial charge in [-0.15, -0.1) is 11.6 Å². The van der Waals surface area contributed by atoms with Gasteiger partial charge < -0.3 is 15.1 Å². The van der Waals surface area contributed by atoms with E-state index in [1.54, 1.807) is 12.4 Å². The highest BCUT2D eigenvalue weighted by Crippen LogP contribution is 2.44. The first-order valence-electron chi connectivity index (χ1n) is 10.5. The van der Waals surface area contributed by atoms with Crippen molar-refractivity contribution >= 4 is 40.5 Å². The van der Waals surface area contributed by atoms with E-state index < -0.39 is 0 Å². The molecule has 3 heterocycles. The Labute approximate surface area is 192 Å². The summed E-state index contributed by atoms with van der Waals surface area (Å²) in [6.07, 6.45) is 7.38. The molecule has 9 heteroatoms. The van der Waals surface area contributed by atoms with Crippen LogP contribution in [0.5, 0.6) is 0 Å². The molecule has 0 bridgehead atoms. The number of benzene rings is 1. The summed E-state index contributed by atoms with van der Waals surface area (Å²) in [5, 5.41) is 8.18. The maximum absolute atomic E-state index is 6.42. The van der Waals surface area contributed by atoms with Gasteiger partial charge in [0.05, 0.1) is 34.5 Å². The van der Waals surface area contributed by atoms with Crippen molar-refractivity contribution in [1.29, 1.82) is 0 Å². The van der Waals surface area contributed by atoms with Gasteiger partial charge in [0.1, 0.15) is 0 Å². The predicted molar refractivity (Wildman–Crippen MR) is 126 cm³/mol. The Bertz CT molecular complexity index is 1050. The molecule has 2 aliphatic rings. The van der Waals surface area contributed by atoms with Crippen LogP contribution in [-0.4, -0.2) is 62.7 Å². The smallest absolute Gasteiger partial charge is 0.227 e. The average molecular weight is 458 g/mol. The number of nitrogens with zero attached hydrogens (tertiary/aromatic N) is 6. The van der Waals surface area contributed by atoms with Crippen LogP contribution in [0, 0.1) is 0 Å². The van der Waals surface area contributed by atoms with Gasteiger partial charge in [-0.25, -0.2) is 9.97 Å². The maximum atomic E-state index is 6.42. The molecule has 31 heavy (non-hydrogen) atoms. The molecule has 2 aromatic heterocycles. The molecule has 7 nitrogen and oxygen atoms in total. The van der Waals surface area contributed by atoms with Crippen LogP contribution in [0.1, 0.15) is 12.8 Å². The summed E-state index contributed by atoms with van der Waals surface area (Å²) in [5.74, 6) is 0.496. The monoisotopic (exact) mass is 457 g/mol. The molecule has 0 spiro atoms. The highest BCUT2D eigenvalue weighted by atomic mass is 35.5. The summed E-state index contributed by atoms with van der Waals surface area (Å²) >= 11 is 12.8. The Kier molecular flexibility index (Phi) is 5.50. The van der Waals surface area contributed by atoms with Gasteiger partial charge in [0, 0.05) is 49.3 Å². The fraction of sp³-hybridized carbons (Fsp3) is 0.409. The predicted octanol–water partition coefficient (Wildman–Crippen LogP) is 4.26. The number of nitrogens with one attached hydrogen (secondary N) is 1. The van der Waals surface area contributed by atoms with Gasteiger partial charge in [-0.2, -0.15) is 5.10 Å². The Morgan fingerprint density at radius 2 is 1.81 bits per heavy atom. The molecule has 1 saturated heterocycles.